The first-order valence-corrected chi connectivity index (χ1v) is 9.45. The Morgan fingerprint density at radius 1 is 1.41 bits per heavy atom. The Labute approximate surface area is 132 Å². The topological polar surface area (TPSA) is 80.5 Å². The second-order valence-corrected chi connectivity index (χ2v) is 8.25. The lowest BCUT2D eigenvalue weighted by Gasteiger charge is -2.34. The number of carbonyl (C=O) groups excluding carboxylic acids is 1. The molecule has 2 atom stereocenters. The second kappa shape index (κ2) is 6.38. The van der Waals surface area contributed by atoms with Gasteiger partial charge in [0.25, 0.3) is 5.91 Å². The van der Waals surface area contributed by atoms with Crippen molar-refractivity contribution in [3.05, 3.63) is 29.3 Å². The van der Waals surface area contributed by atoms with E-state index in [1.54, 1.807) is 24.0 Å². The van der Waals surface area contributed by atoms with Gasteiger partial charge in [-0.15, -0.1) is 0 Å². The Kier molecular flexibility index (Phi) is 4.92. The van der Waals surface area contributed by atoms with E-state index >= 15 is 0 Å². The number of amides is 1. The Hall–Kier alpha value is -1.40. The highest BCUT2D eigenvalue weighted by Crippen LogP contribution is 2.22. The summed E-state index contributed by atoms with van der Waals surface area (Å²) < 4.78 is 23.6. The van der Waals surface area contributed by atoms with Crippen LogP contribution < -0.4 is 5.73 Å². The lowest BCUT2D eigenvalue weighted by atomic mass is 9.92. The number of nitrogens with zero attached hydrogens (tertiary/aromatic N) is 1. The zero-order valence-electron chi connectivity index (χ0n) is 13.4. The maximum Gasteiger partial charge on any atom is 0.253 e. The van der Waals surface area contributed by atoms with Crippen LogP contribution in [-0.4, -0.2) is 44.6 Å². The summed E-state index contributed by atoms with van der Waals surface area (Å²) >= 11 is 0. The molecule has 2 N–H and O–H groups in total. The van der Waals surface area contributed by atoms with Crippen molar-refractivity contribution in [1.29, 1.82) is 0 Å². The van der Waals surface area contributed by atoms with Crippen LogP contribution in [0, 0.1) is 12.8 Å². The first-order valence-electron chi connectivity index (χ1n) is 7.55. The number of carbonyl (C=O) groups is 1. The van der Waals surface area contributed by atoms with E-state index in [-0.39, 0.29) is 16.8 Å². The van der Waals surface area contributed by atoms with Crippen molar-refractivity contribution in [2.75, 3.05) is 19.3 Å². The summed E-state index contributed by atoms with van der Waals surface area (Å²) in [5.74, 6) is 0.188. The standard InChI is InChI=1S/C16H24N2O3S/c1-11-6-7-13(9-15(11)22(3,20)21)16(19)18-8-4-5-14(10-18)12(2)17/h6-7,9,12,14H,4-5,8,10,17H2,1-3H3/t12-,14-/m1/s1. The minimum atomic E-state index is -3.34. The fourth-order valence-electron chi connectivity index (χ4n) is 2.94. The predicted octanol–water partition coefficient (Wildman–Crippen LogP) is 1.60. The largest absolute Gasteiger partial charge is 0.338 e. The van der Waals surface area contributed by atoms with E-state index in [1.807, 2.05) is 6.92 Å². The first kappa shape index (κ1) is 17.0. The normalized spacial score (nSPS) is 20.7. The molecule has 0 bridgehead atoms. The average molecular weight is 324 g/mol. The lowest BCUT2D eigenvalue weighted by molar-refractivity contribution is 0.0660. The van der Waals surface area contributed by atoms with Gasteiger partial charge in [0.15, 0.2) is 9.84 Å². The quantitative estimate of drug-likeness (QED) is 0.916. The van der Waals surface area contributed by atoms with Crippen molar-refractivity contribution in [2.24, 2.45) is 11.7 Å². The summed E-state index contributed by atoms with van der Waals surface area (Å²) in [6.07, 6.45) is 3.13. The molecule has 0 spiro atoms. The Morgan fingerprint density at radius 2 is 2.09 bits per heavy atom. The first-order chi connectivity index (χ1) is 10.2. The summed E-state index contributed by atoms with van der Waals surface area (Å²) in [7, 11) is -3.34. The molecule has 0 aliphatic carbocycles. The van der Waals surface area contributed by atoms with Crippen molar-refractivity contribution in [3.63, 3.8) is 0 Å². The van der Waals surface area contributed by atoms with E-state index in [1.165, 1.54) is 6.07 Å². The minimum absolute atomic E-state index is 0.0557. The van der Waals surface area contributed by atoms with Gasteiger partial charge in [0.2, 0.25) is 0 Å². The fourth-order valence-corrected chi connectivity index (χ4v) is 3.93. The van der Waals surface area contributed by atoms with Gasteiger partial charge in [-0.05, 0) is 50.3 Å². The molecule has 0 unspecified atom stereocenters. The van der Waals surface area contributed by atoms with Gasteiger partial charge in [-0.1, -0.05) is 6.07 Å². The summed E-state index contributed by atoms with van der Waals surface area (Å²) in [6, 6.07) is 4.93. The van der Waals surface area contributed by atoms with E-state index in [0.717, 1.165) is 19.1 Å². The van der Waals surface area contributed by atoms with Crippen molar-refractivity contribution in [2.45, 2.75) is 37.6 Å². The highest BCUT2D eigenvalue weighted by atomic mass is 32.2. The smallest absolute Gasteiger partial charge is 0.253 e. The van der Waals surface area contributed by atoms with Gasteiger partial charge in [-0.2, -0.15) is 0 Å². The summed E-state index contributed by atoms with van der Waals surface area (Å²) in [5, 5.41) is 0. The van der Waals surface area contributed by atoms with Crippen LogP contribution in [0.25, 0.3) is 0 Å². The highest BCUT2D eigenvalue weighted by molar-refractivity contribution is 7.90. The number of likely N-dealkylation sites (tertiary alicyclic amines) is 1. The monoisotopic (exact) mass is 324 g/mol. The third-order valence-corrected chi connectivity index (χ3v) is 5.56. The van der Waals surface area contributed by atoms with E-state index in [2.05, 4.69) is 0 Å². The van der Waals surface area contributed by atoms with Crippen LogP contribution in [0.15, 0.2) is 23.1 Å². The van der Waals surface area contributed by atoms with Crippen LogP contribution >= 0.6 is 0 Å². The molecule has 1 saturated heterocycles. The molecule has 1 fully saturated rings. The van der Waals surface area contributed by atoms with Crippen molar-refractivity contribution < 1.29 is 13.2 Å². The molecule has 1 aromatic carbocycles. The van der Waals surface area contributed by atoms with Crippen LogP contribution in [0.4, 0.5) is 0 Å². The Morgan fingerprint density at radius 3 is 2.68 bits per heavy atom. The van der Waals surface area contributed by atoms with Crippen molar-refractivity contribution >= 4 is 15.7 Å². The van der Waals surface area contributed by atoms with Crippen molar-refractivity contribution in [1.82, 2.24) is 4.90 Å². The average Bonchev–Trinajstić information content (AvgIpc) is 2.46. The zero-order chi connectivity index (χ0) is 16.5. The molecular weight excluding hydrogens is 300 g/mol. The van der Waals surface area contributed by atoms with E-state index in [0.29, 0.717) is 30.1 Å². The van der Waals surface area contributed by atoms with Crippen LogP contribution in [0.3, 0.4) is 0 Å². The van der Waals surface area contributed by atoms with Gasteiger partial charge >= 0.3 is 0 Å². The van der Waals surface area contributed by atoms with Gasteiger partial charge in [-0.25, -0.2) is 8.42 Å². The van der Waals surface area contributed by atoms with E-state index < -0.39 is 9.84 Å². The van der Waals surface area contributed by atoms with E-state index in [9.17, 15) is 13.2 Å². The van der Waals surface area contributed by atoms with Crippen LogP contribution in [-0.2, 0) is 9.84 Å². The molecule has 0 radical (unpaired) electrons. The molecule has 2 rings (SSSR count). The summed E-state index contributed by atoms with van der Waals surface area (Å²) in [4.78, 5) is 14.7. The second-order valence-electron chi connectivity index (χ2n) is 6.27. The minimum Gasteiger partial charge on any atom is -0.338 e. The fraction of sp³-hybridized carbons (Fsp3) is 0.562. The number of hydrogen-bond acceptors (Lipinski definition) is 4. The van der Waals surface area contributed by atoms with Crippen LogP contribution in [0.1, 0.15) is 35.7 Å². The number of aryl methyl sites for hydroxylation is 1. The number of piperidine rings is 1. The zero-order valence-corrected chi connectivity index (χ0v) is 14.2. The predicted molar refractivity (Wildman–Crippen MR) is 86.6 cm³/mol. The Balaban J connectivity index is 2.26. The molecule has 0 saturated carbocycles. The van der Waals surface area contributed by atoms with Gasteiger partial charge in [0, 0.05) is 31.0 Å². The molecule has 6 heteroatoms. The molecule has 1 heterocycles. The molecule has 22 heavy (non-hydrogen) atoms. The molecule has 1 aliphatic heterocycles. The lowest BCUT2D eigenvalue weighted by Crippen LogP contribution is -2.45. The molecule has 1 amide bonds. The van der Waals surface area contributed by atoms with E-state index in [4.69, 9.17) is 5.73 Å². The van der Waals surface area contributed by atoms with Gasteiger partial charge in [0.1, 0.15) is 0 Å². The molecule has 1 aliphatic rings. The molecule has 0 aromatic heterocycles. The Bertz CT molecular complexity index is 668. The SMILES string of the molecule is Cc1ccc(C(=O)N2CCC[C@@H]([C@@H](C)N)C2)cc1S(C)(=O)=O. The summed E-state index contributed by atoms with van der Waals surface area (Å²) in [6.45, 7) is 5.03. The number of hydrogen-bond donors (Lipinski definition) is 1. The third kappa shape index (κ3) is 3.67. The number of nitrogens with two attached hydrogens (primary N) is 1. The number of sulfone groups is 1. The maximum absolute atomic E-state index is 12.6. The highest BCUT2D eigenvalue weighted by Gasteiger charge is 2.27. The molecule has 1 aromatic rings. The van der Waals surface area contributed by atoms with Crippen LogP contribution in [0.2, 0.25) is 0 Å². The van der Waals surface area contributed by atoms with Gasteiger partial charge in [0.05, 0.1) is 4.90 Å². The number of benzene rings is 1. The van der Waals surface area contributed by atoms with Crippen LogP contribution in [0.5, 0.6) is 0 Å². The molecule has 122 valence electrons. The van der Waals surface area contributed by atoms with Gasteiger partial charge in [-0.3, -0.25) is 4.79 Å². The molecule has 5 nitrogen and oxygen atoms in total. The van der Waals surface area contributed by atoms with Crippen molar-refractivity contribution in [3.8, 4) is 0 Å². The van der Waals surface area contributed by atoms with Gasteiger partial charge < -0.3 is 10.6 Å². The third-order valence-electron chi connectivity index (χ3n) is 4.32. The summed E-state index contributed by atoms with van der Waals surface area (Å²) in [5.41, 5.74) is 7.04. The maximum atomic E-state index is 12.6. The molecular formula is C16H24N2O3S. The number of rotatable bonds is 3.